The second-order valence-corrected chi connectivity index (χ2v) is 6.83. The maximum absolute atomic E-state index is 12.8. The van der Waals surface area contributed by atoms with E-state index in [4.69, 9.17) is 21.1 Å². The molecule has 1 aliphatic carbocycles. The fourth-order valence-electron chi connectivity index (χ4n) is 3.29. The number of anilines is 1. The molecule has 3 rings (SSSR count). The largest absolute Gasteiger partial charge is 0.495 e. The molecule has 0 spiro atoms. The van der Waals surface area contributed by atoms with Crippen LogP contribution in [-0.2, 0) is 24.2 Å². The molecule has 1 aliphatic rings. The second kappa shape index (κ2) is 8.00. The standard InChI is InChI=1S/C19H22ClN3O4/c1-11-21-14-7-5-4-6-12(14)19(25)23(11)10-18(24)22-15-8-13(20)16(26-2)9-17(15)27-3/h8-9H,4-7,10H2,1-3H3,(H,22,24). The molecule has 27 heavy (non-hydrogen) atoms. The maximum Gasteiger partial charge on any atom is 0.257 e. The molecule has 0 atom stereocenters. The van der Waals surface area contributed by atoms with Crippen molar-refractivity contribution in [2.75, 3.05) is 19.5 Å². The number of benzene rings is 1. The van der Waals surface area contributed by atoms with Gasteiger partial charge in [0.05, 0.1) is 30.6 Å². The zero-order chi connectivity index (χ0) is 19.6. The number of ether oxygens (including phenoxy) is 2. The molecule has 0 fully saturated rings. The van der Waals surface area contributed by atoms with E-state index in [0.717, 1.165) is 30.5 Å². The van der Waals surface area contributed by atoms with E-state index in [2.05, 4.69) is 10.3 Å². The van der Waals surface area contributed by atoms with Gasteiger partial charge in [-0.25, -0.2) is 4.98 Å². The molecule has 0 radical (unpaired) electrons. The van der Waals surface area contributed by atoms with Gasteiger partial charge in [0.1, 0.15) is 23.9 Å². The van der Waals surface area contributed by atoms with Gasteiger partial charge in [0, 0.05) is 11.6 Å². The minimum Gasteiger partial charge on any atom is -0.495 e. The monoisotopic (exact) mass is 391 g/mol. The number of nitrogens with zero attached hydrogens (tertiary/aromatic N) is 2. The van der Waals surface area contributed by atoms with Crippen LogP contribution in [-0.4, -0.2) is 29.7 Å². The van der Waals surface area contributed by atoms with Crippen LogP contribution in [0.15, 0.2) is 16.9 Å². The Balaban J connectivity index is 1.85. The first-order valence-corrected chi connectivity index (χ1v) is 9.13. The van der Waals surface area contributed by atoms with Gasteiger partial charge in [0.25, 0.3) is 5.56 Å². The average Bonchev–Trinajstić information content (AvgIpc) is 2.65. The van der Waals surface area contributed by atoms with E-state index in [1.54, 1.807) is 19.1 Å². The van der Waals surface area contributed by atoms with Crippen LogP contribution >= 0.6 is 11.6 Å². The first-order chi connectivity index (χ1) is 12.9. The van der Waals surface area contributed by atoms with Crippen molar-refractivity contribution in [2.24, 2.45) is 0 Å². The number of aryl methyl sites for hydroxylation is 2. The van der Waals surface area contributed by atoms with Crippen molar-refractivity contribution in [1.29, 1.82) is 0 Å². The summed E-state index contributed by atoms with van der Waals surface area (Å²) < 4.78 is 11.8. The van der Waals surface area contributed by atoms with Gasteiger partial charge in [0.15, 0.2) is 0 Å². The fourth-order valence-corrected chi connectivity index (χ4v) is 3.53. The predicted octanol–water partition coefficient (Wildman–Crippen LogP) is 2.74. The molecule has 0 saturated carbocycles. The number of nitrogens with one attached hydrogen (secondary N) is 1. The topological polar surface area (TPSA) is 82.4 Å². The minimum atomic E-state index is -0.364. The number of halogens is 1. The Hall–Kier alpha value is -2.54. The van der Waals surface area contributed by atoms with Gasteiger partial charge in [0.2, 0.25) is 5.91 Å². The summed E-state index contributed by atoms with van der Waals surface area (Å²) in [4.78, 5) is 29.8. The predicted molar refractivity (Wildman–Crippen MR) is 103 cm³/mol. The lowest BCUT2D eigenvalue weighted by Crippen LogP contribution is -2.34. The van der Waals surface area contributed by atoms with Crippen LogP contribution in [0.4, 0.5) is 5.69 Å². The smallest absolute Gasteiger partial charge is 0.257 e. The minimum absolute atomic E-state index is 0.127. The van der Waals surface area contributed by atoms with Gasteiger partial charge in [-0.05, 0) is 38.7 Å². The number of amides is 1. The number of hydrogen-bond donors (Lipinski definition) is 1. The van der Waals surface area contributed by atoms with Crippen molar-refractivity contribution in [2.45, 2.75) is 39.2 Å². The van der Waals surface area contributed by atoms with Crippen molar-refractivity contribution in [3.63, 3.8) is 0 Å². The molecule has 144 valence electrons. The highest BCUT2D eigenvalue weighted by Crippen LogP contribution is 2.35. The molecular weight excluding hydrogens is 370 g/mol. The second-order valence-electron chi connectivity index (χ2n) is 6.42. The summed E-state index contributed by atoms with van der Waals surface area (Å²) in [5, 5.41) is 3.09. The van der Waals surface area contributed by atoms with Crippen molar-refractivity contribution in [3.8, 4) is 11.5 Å². The SMILES string of the molecule is COc1cc(OC)c(NC(=O)Cn2c(C)nc3c(c2=O)CCCC3)cc1Cl. The Kier molecular flexibility index (Phi) is 5.70. The zero-order valence-corrected chi connectivity index (χ0v) is 16.4. The van der Waals surface area contributed by atoms with Crippen molar-refractivity contribution >= 4 is 23.2 Å². The molecule has 0 bridgehead atoms. The lowest BCUT2D eigenvalue weighted by molar-refractivity contribution is -0.116. The van der Waals surface area contributed by atoms with E-state index < -0.39 is 0 Å². The number of carbonyl (C=O) groups excluding carboxylic acids is 1. The summed E-state index contributed by atoms with van der Waals surface area (Å²) >= 11 is 6.13. The first-order valence-electron chi connectivity index (χ1n) is 8.75. The highest BCUT2D eigenvalue weighted by atomic mass is 35.5. The van der Waals surface area contributed by atoms with Crippen LogP contribution in [0.25, 0.3) is 0 Å². The van der Waals surface area contributed by atoms with Crippen LogP contribution in [0, 0.1) is 6.92 Å². The molecule has 7 nitrogen and oxygen atoms in total. The van der Waals surface area contributed by atoms with Crippen molar-refractivity contribution in [1.82, 2.24) is 9.55 Å². The average molecular weight is 392 g/mol. The molecule has 0 unspecified atom stereocenters. The number of carbonyl (C=O) groups is 1. The van der Waals surface area contributed by atoms with E-state index in [1.165, 1.54) is 18.8 Å². The number of methoxy groups -OCH3 is 2. The summed E-state index contributed by atoms with van der Waals surface area (Å²) in [5.74, 6) is 1.03. The van der Waals surface area contributed by atoms with Gasteiger partial charge < -0.3 is 14.8 Å². The quantitative estimate of drug-likeness (QED) is 0.847. The van der Waals surface area contributed by atoms with E-state index in [1.807, 2.05) is 0 Å². The van der Waals surface area contributed by atoms with Gasteiger partial charge in [-0.15, -0.1) is 0 Å². The van der Waals surface area contributed by atoms with Gasteiger partial charge in [-0.2, -0.15) is 0 Å². The van der Waals surface area contributed by atoms with Crippen LogP contribution in [0.5, 0.6) is 11.5 Å². The highest BCUT2D eigenvalue weighted by Gasteiger charge is 2.20. The Morgan fingerprint density at radius 1 is 1.22 bits per heavy atom. The number of rotatable bonds is 5. The molecule has 0 saturated heterocycles. The van der Waals surface area contributed by atoms with E-state index in [-0.39, 0.29) is 18.0 Å². The third-order valence-corrected chi connectivity index (χ3v) is 4.97. The van der Waals surface area contributed by atoms with Crippen LogP contribution in [0.2, 0.25) is 5.02 Å². The lowest BCUT2D eigenvalue weighted by Gasteiger charge is -2.18. The Bertz CT molecular complexity index is 940. The fraction of sp³-hybridized carbons (Fsp3) is 0.421. The number of aromatic nitrogens is 2. The van der Waals surface area contributed by atoms with Crippen molar-refractivity contribution in [3.05, 3.63) is 44.6 Å². The third kappa shape index (κ3) is 3.93. The van der Waals surface area contributed by atoms with Gasteiger partial charge in [-0.1, -0.05) is 11.6 Å². The van der Waals surface area contributed by atoms with E-state index in [9.17, 15) is 9.59 Å². The molecule has 1 aromatic carbocycles. The lowest BCUT2D eigenvalue weighted by atomic mass is 9.97. The van der Waals surface area contributed by atoms with Crippen molar-refractivity contribution < 1.29 is 14.3 Å². The number of hydrogen-bond acceptors (Lipinski definition) is 5. The molecule has 0 aliphatic heterocycles. The zero-order valence-electron chi connectivity index (χ0n) is 15.6. The summed E-state index contributed by atoms with van der Waals surface area (Å²) in [7, 11) is 2.98. The van der Waals surface area contributed by atoms with Crippen LogP contribution in [0.1, 0.15) is 29.9 Å². The van der Waals surface area contributed by atoms with E-state index in [0.29, 0.717) is 34.5 Å². The Morgan fingerprint density at radius 2 is 1.93 bits per heavy atom. The van der Waals surface area contributed by atoms with E-state index >= 15 is 0 Å². The van der Waals surface area contributed by atoms with Crippen LogP contribution < -0.4 is 20.3 Å². The summed E-state index contributed by atoms with van der Waals surface area (Å²) in [6, 6.07) is 3.15. The highest BCUT2D eigenvalue weighted by molar-refractivity contribution is 6.32. The van der Waals surface area contributed by atoms with Crippen LogP contribution in [0.3, 0.4) is 0 Å². The Labute approximate surface area is 162 Å². The number of fused-ring (bicyclic) bond motifs is 1. The molecule has 1 heterocycles. The molecule has 2 aromatic rings. The summed E-state index contributed by atoms with van der Waals surface area (Å²) in [6.07, 6.45) is 3.55. The molecule has 1 aromatic heterocycles. The third-order valence-electron chi connectivity index (χ3n) is 4.68. The maximum atomic E-state index is 12.8. The van der Waals surface area contributed by atoms with Gasteiger partial charge in [-0.3, -0.25) is 14.2 Å². The molecule has 1 amide bonds. The molecular formula is C19H22ClN3O4. The summed E-state index contributed by atoms with van der Waals surface area (Å²) in [6.45, 7) is 1.62. The molecule has 1 N–H and O–H groups in total. The normalized spacial score (nSPS) is 13.0. The Morgan fingerprint density at radius 3 is 2.63 bits per heavy atom. The molecule has 8 heteroatoms. The first kappa shape index (κ1) is 19.2. The summed E-state index contributed by atoms with van der Waals surface area (Å²) in [5.41, 5.74) is 1.87. The van der Waals surface area contributed by atoms with Gasteiger partial charge >= 0.3 is 0 Å².